The second kappa shape index (κ2) is 6.06. The lowest BCUT2D eigenvalue weighted by molar-refractivity contribution is 0.0979. The lowest BCUT2D eigenvalue weighted by Crippen LogP contribution is -2.04. The average molecular weight is 325 g/mol. The van der Waals surface area contributed by atoms with Gasteiger partial charge in [-0.15, -0.1) is 0 Å². The molecule has 2 rings (SSSR count). The number of ketones is 1. The Labute approximate surface area is 118 Å². The van der Waals surface area contributed by atoms with Crippen LogP contribution in [-0.2, 0) is 6.42 Å². The van der Waals surface area contributed by atoms with Crippen molar-refractivity contribution in [1.82, 2.24) is 0 Å². The fraction of sp³-hybridized carbons (Fsp3) is 0.133. The third-order valence-corrected chi connectivity index (χ3v) is 3.25. The van der Waals surface area contributed by atoms with E-state index in [4.69, 9.17) is 0 Å². The number of benzene rings is 2. The molecule has 0 fully saturated rings. The molecule has 2 aromatic rings. The van der Waals surface area contributed by atoms with E-state index in [0.29, 0.717) is 10.9 Å². The number of Topliss-reactive ketones (excluding diaryl/α,β-unsaturated/α-hetero) is 1. The van der Waals surface area contributed by atoms with Crippen LogP contribution in [0.1, 0.15) is 22.3 Å². The SMILES string of the molecule is O=C(CCc1cccc(F)c1)c1ccc(Br)cc1F. The summed E-state index contributed by atoms with van der Waals surface area (Å²) in [5.74, 6) is -1.16. The highest BCUT2D eigenvalue weighted by atomic mass is 79.9. The van der Waals surface area contributed by atoms with Crippen molar-refractivity contribution in [2.45, 2.75) is 12.8 Å². The second-order valence-electron chi connectivity index (χ2n) is 4.18. The Hall–Kier alpha value is -1.55. The van der Waals surface area contributed by atoms with Gasteiger partial charge in [0.15, 0.2) is 5.78 Å². The van der Waals surface area contributed by atoms with Gasteiger partial charge in [-0.2, -0.15) is 0 Å². The number of carbonyl (C=O) groups excluding carboxylic acids is 1. The van der Waals surface area contributed by atoms with E-state index in [9.17, 15) is 13.6 Å². The van der Waals surface area contributed by atoms with Crippen LogP contribution < -0.4 is 0 Å². The summed E-state index contributed by atoms with van der Waals surface area (Å²) in [6.45, 7) is 0. The van der Waals surface area contributed by atoms with Gasteiger partial charge in [-0.3, -0.25) is 4.79 Å². The Kier molecular flexibility index (Phi) is 4.43. The smallest absolute Gasteiger partial charge is 0.166 e. The highest BCUT2D eigenvalue weighted by Crippen LogP contribution is 2.17. The summed E-state index contributed by atoms with van der Waals surface area (Å²) in [7, 11) is 0. The van der Waals surface area contributed by atoms with Crippen LogP contribution in [-0.4, -0.2) is 5.78 Å². The third kappa shape index (κ3) is 3.70. The first-order valence-corrected chi connectivity index (χ1v) is 6.58. The Morgan fingerprint density at radius 1 is 1.11 bits per heavy atom. The lowest BCUT2D eigenvalue weighted by Gasteiger charge is -2.04. The van der Waals surface area contributed by atoms with Gasteiger partial charge < -0.3 is 0 Å². The molecule has 4 heteroatoms. The molecule has 0 saturated heterocycles. The molecule has 2 aromatic carbocycles. The molecule has 0 aliphatic rings. The number of hydrogen-bond donors (Lipinski definition) is 0. The molecule has 0 N–H and O–H groups in total. The summed E-state index contributed by atoms with van der Waals surface area (Å²) >= 11 is 3.14. The topological polar surface area (TPSA) is 17.1 Å². The summed E-state index contributed by atoms with van der Waals surface area (Å²) < 4.78 is 27.1. The van der Waals surface area contributed by atoms with Crippen molar-refractivity contribution in [1.29, 1.82) is 0 Å². The molecule has 0 aliphatic heterocycles. The van der Waals surface area contributed by atoms with E-state index in [1.165, 1.54) is 24.3 Å². The van der Waals surface area contributed by atoms with Crippen molar-refractivity contribution in [2.75, 3.05) is 0 Å². The van der Waals surface area contributed by atoms with Crippen LogP contribution in [0.4, 0.5) is 8.78 Å². The summed E-state index contributed by atoms with van der Waals surface area (Å²) in [4.78, 5) is 11.9. The largest absolute Gasteiger partial charge is 0.294 e. The normalized spacial score (nSPS) is 10.5. The minimum Gasteiger partial charge on any atom is -0.294 e. The minimum atomic E-state index is -0.543. The molecule has 0 heterocycles. The van der Waals surface area contributed by atoms with Gasteiger partial charge in [-0.05, 0) is 42.3 Å². The fourth-order valence-corrected chi connectivity index (χ4v) is 2.13. The predicted molar refractivity (Wildman–Crippen MR) is 73.2 cm³/mol. The molecular formula is C15H11BrF2O. The summed E-state index contributed by atoms with van der Waals surface area (Å²) in [6.07, 6.45) is 0.550. The van der Waals surface area contributed by atoms with Crippen molar-refractivity contribution in [3.8, 4) is 0 Å². The van der Waals surface area contributed by atoms with E-state index < -0.39 is 5.82 Å². The van der Waals surface area contributed by atoms with Gasteiger partial charge in [0.1, 0.15) is 11.6 Å². The molecule has 0 atom stereocenters. The monoisotopic (exact) mass is 324 g/mol. The molecule has 0 spiro atoms. The zero-order valence-corrected chi connectivity index (χ0v) is 11.6. The maximum Gasteiger partial charge on any atom is 0.166 e. The molecule has 0 saturated carbocycles. The second-order valence-corrected chi connectivity index (χ2v) is 5.09. The van der Waals surface area contributed by atoms with Gasteiger partial charge in [0.05, 0.1) is 5.56 Å². The number of halogens is 3. The van der Waals surface area contributed by atoms with Crippen LogP contribution in [0.3, 0.4) is 0 Å². The van der Waals surface area contributed by atoms with Crippen LogP contribution in [0.2, 0.25) is 0 Å². The first kappa shape index (κ1) is 13.9. The summed E-state index contributed by atoms with van der Waals surface area (Å²) in [5, 5.41) is 0. The van der Waals surface area contributed by atoms with Crippen molar-refractivity contribution < 1.29 is 13.6 Å². The van der Waals surface area contributed by atoms with Crippen LogP contribution in [0.25, 0.3) is 0 Å². The molecule has 1 nitrogen and oxygen atoms in total. The molecule has 0 aromatic heterocycles. The zero-order valence-electron chi connectivity index (χ0n) is 10.00. The fourth-order valence-electron chi connectivity index (χ4n) is 1.80. The zero-order chi connectivity index (χ0) is 13.8. The maximum atomic E-state index is 13.6. The van der Waals surface area contributed by atoms with E-state index in [2.05, 4.69) is 15.9 Å². The van der Waals surface area contributed by atoms with Gasteiger partial charge >= 0.3 is 0 Å². The highest BCUT2D eigenvalue weighted by molar-refractivity contribution is 9.10. The number of aryl methyl sites for hydroxylation is 1. The lowest BCUT2D eigenvalue weighted by atomic mass is 10.0. The summed E-state index contributed by atoms with van der Waals surface area (Å²) in [6, 6.07) is 10.4. The highest BCUT2D eigenvalue weighted by Gasteiger charge is 2.12. The van der Waals surface area contributed by atoms with Gasteiger partial charge in [0, 0.05) is 10.9 Å². The first-order chi connectivity index (χ1) is 9.06. The quantitative estimate of drug-likeness (QED) is 0.754. The minimum absolute atomic E-state index is 0.0691. The van der Waals surface area contributed by atoms with Gasteiger partial charge in [0.25, 0.3) is 0 Å². The van der Waals surface area contributed by atoms with Crippen LogP contribution in [0.15, 0.2) is 46.9 Å². The number of rotatable bonds is 4. The van der Waals surface area contributed by atoms with Crippen molar-refractivity contribution in [3.63, 3.8) is 0 Å². The van der Waals surface area contributed by atoms with Crippen LogP contribution in [0, 0.1) is 11.6 Å². The molecule has 98 valence electrons. The predicted octanol–water partition coefficient (Wildman–Crippen LogP) is 4.54. The van der Waals surface area contributed by atoms with E-state index in [0.717, 1.165) is 5.56 Å². The van der Waals surface area contributed by atoms with E-state index in [1.807, 2.05) is 0 Å². The summed E-state index contributed by atoms with van der Waals surface area (Å²) in [5.41, 5.74) is 0.797. The molecule has 0 radical (unpaired) electrons. The van der Waals surface area contributed by atoms with Gasteiger partial charge in [-0.25, -0.2) is 8.78 Å². The Balaban J connectivity index is 2.05. The standard InChI is InChI=1S/C15H11BrF2O/c16-11-5-6-13(14(18)9-11)15(19)7-4-10-2-1-3-12(17)8-10/h1-3,5-6,8-9H,4,7H2. The molecular weight excluding hydrogens is 314 g/mol. The van der Waals surface area contributed by atoms with E-state index in [-0.39, 0.29) is 23.6 Å². The molecule has 0 amide bonds. The van der Waals surface area contributed by atoms with Crippen molar-refractivity contribution in [2.24, 2.45) is 0 Å². The van der Waals surface area contributed by atoms with Crippen molar-refractivity contribution in [3.05, 3.63) is 69.7 Å². The average Bonchev–Trinajstić information content (AvgIpc) is 2.36. The maximum absolute atomic E-state index is 13.6. The van der Waals surface area contributed by atoms with Gasteiger partial charge in [-0.1, -0.05) is 28.1 Å². The van der Waals surface area contributed by atoms with Crippen LogP contribution >= 0.6 is 15.9 Å². The van der Waals surface area contributed by atoms with E-state index >= 15 is 0 Å². The Morgan fingerprint density at radius 2 is 1.89 bits per heavy atom. The molecule has 0 bridgehead atoms. The molecule has 0 unspecified atom stereocenters. The third-order valence-electron chi connectivity index (χ3n) is 2.76. The van der Waals surface area contributed by atoms with E-state index in [1.54, 1.807) is 18.2 Å². The van der Waals surface area contributed by atoms with Crippen LogP contribution in [0.5, 0.6) is 0 Å². The Bertz CT molecular complexity index is 611. The molecule has 19 heavy (non-hydrogen) atoms. The first-order valence-electron chi connectivity index (χ1n) is 5.79. The Morgan fingerprint density at radius 3 is 2.58 bits per heavy atom. The number of carbonyl (C=O) groups is 1. The van der Waals surface area contributed by atoms with Gasteiger partial charge in [0.2, 0.25) is 0 Å². The van der Waals surface area contributed by atoms with Crippen molar-refractivity contribution >= 4 is 21.7 Å². The molecule has 0 aliphatic carbocycles. The number of hydrogen-bond acceptors (Lipinski definition) is 1.